The summed E-state index contributed by atoms with van der Waals surface area (Å²) >= 11 is 0. The second kappa shape index (κ2) is 59.9. The van der Waals surface area contributed by atoms with Gasteiger partial charge in [0.05, 0.1) is 0 Å². The summed E-state index contributed by atoms with van der Waals surface area (Å²) in [5.41, 5.74) is 1.32. The van der Waals surface area contributed by atoms with Crippen molar-refractivity contribution in [3.05, 3.63) is 62.0 Å². The van der Waals surface area contributed by atoms with Gasteiger partial charge in [-0.25, -0.2) is 12.3 Å². The van der Waals surface area contributed by atoms with Crippen molar-refractivity contribution in [1.82, 2.24) is 15.0 Å². The predicted octanol–water partition coefficient (Wildman–Crippen LogP) is 15.6. The van der Waals surface area contributed by atoms with Crippen LogP contribution in [0.1, 0.15) is 166 Å². The number of hydrogen-bond acceptors (Lipinski definition) is 5. The Morgan fingerprint density at radius 1 is 0.855 bits per heavy atom. The van der Waals surface area contributed by atoms with Gasteiger partial charge in [-0.2, -0.15) is 18.2 Å². The molecule has 2 saturated carbocycles. The summed E-state index contributed by atoms with van der Waals surface area (Å²) in [5.74, 6) is 5.12. The normalized spacial score (nSPS) is 14.8. The molecule has 55 heavy (non-hydrogen) atoms. The van der Waals surface area contributed by atoms with E-state index < -0.39 is 6.68 Å². The van der Waals surface area contributed by atoms with Crippen LogP contribution in [0.5, 0.6) is 0 Å². The molecular formula is C46H94F3N3O2Y-2. The average Bonchev–Trinajstić information content (AvgIpc) is 3.72. The Morgan fingerprint density at radius 3 is 1.33 bits per heavy atom. The van der Waals surface area contributed by atoms with Gasteiger partial charge in [-0.05, 0) is 70.5 Å². The van der Waals surface area contributed by atoms with Crippen LogP contribution in [0.4, 0.5) is 13.2 Å². The van der Waals surface area contributed by atoms with Gasteiger partial charge in [-0.3, -0.25) is 0 Å². The summed E-state index contributed by atoms with van der Waals surface area (Å²) in [7, 11) is 5.89. The van der Waals surface area contributed by atoms with E-state index in [1.54, 1.807) is 14.0 Å². The molecule has 0 spiro atoms. The summed E-state index contributed by atoms with van der Waals surface area (Å²) in [6.45, 7) is 33.8. The minimum absolute atomic E-state index is 0. The largest absolute Gasteiger partial charge is 0.385 e. The van der Waals surface area contributed by atoms with E-state index in [0.717, 1.165) is 43.1 Å². The van der Waals surface area contributed by atoms with Gasteiger partial charge in [0.25, 0.3) is 0 Å². The third-order valence-electron chi connectivity index (χ3n) is 7.15. The van der Waals surface area contributed by atoms with Crippen LogP contribution in [0, 0.1) is 57.3 Å². The molecule has 2 aliphatic rings. The Balaban J connectivity index is -0.0000000747. The number of halogens is 3. The van der Waals surface area contributed by atoms with Gasteiger partial charge in [0.2, 0.25) is 5.89 Å². The molecule has 3 unspecified atom stereocenters. The number of aromatic nitrogens is 2. The quantitative estimate of drug-likeness (QED) is 0.271. The molecule has 0 aliphatic heterocycles. The van der Waals surface area contributed by atoms with Crippen LogP contribution in [-0.4, -0.2) is 56.1 Å². The van der Waals surface area contributed by atoms with Crippen molar-refractivity contribution in [2.24, 2.45) is 29.6 Å². The standard InChI is InChI=1S/C7H14.C7H8.C5H13N.C5H10.C5H12.C5H10.C4H10O.C3H4N2O.C3H8.CHF3.CH4.Y/c1-6-3-4-7(2)5-6;1-7-5-3-2-4-6-7;1-4-5-6(2)3;1-5-3-2-4-5;2*1-4-5(2)3;1-3-4-5-2;1-3-4-2-5-6-3;1-3-2;2-1(3)4;;/h6-7H,3-5H2,1-2H3;2-6H,1H3;4-5H2,1-3H3;5H,2-4H2,1H3;5H,4H2,1-3H3;5H,1-2,4H2,3H3;3-4H2,1-2H3;2H,1H3;3H2,1-2H3;1H;1H4;/q;;;;;-2;;;;;;. The molecule has 0 N–H and O–H groups in total. The van der Waals surface area contributed by atoms with Crippen LogP contribution < -0.4 is 0 Å². The molecule has 2 fully saturated rings. The number of nitrogens with zero attached hydrogens (tertiary/aromatic N) is 3. The van der Waals surface area contributed by atoms with Gasteiger partial charge in [-0.15, -0.1) is 0 Å². The van der Waals surface area contributed by atoms with E-state index in [2.05, 4.69) is 136 Å². The minimum atomic E-state index is -3.67. The number of methoxy groups -OCH3 is 1. The van der Waals surface area contributed by atoms with Crippen molar-refractivity contribution in [2.75, 3.05) is 34.4 Å². The van der Waals surface area contributed by atoms with E-state index >= 15 is 0 Å². The molecule has 0 saturated heterocycles. The van der Waals surface area contributed by atoms with E-state index in [1.165, 1.54) is 76.2 Å². The fraction of sp³-hybridized carbons (Fsp3) is 0.783. The van der Waals surface area contributed by atoms with Gasteiger partial charge in [0.1, 0.15) is 0 Å². The van der Waals surface area contributed by atoms with E-state index in [0.29, 0.717) is 11.8 Å². The molecule has 331 valence electrons. The van der Waals surface area contributed by atoms with Crippen molar-refractivity contribution in [3.8, 4) is 0 Å². The molecular weight excluding hydrogens is 772 g/mol. The molecule has 9 heteroatoms. The van der Waals surface area contributed by atoms with Crippen LogP contribution >= 0.6 is 0 Å². The van der Waals surface area contributed by atoms with Gasteiger partial charge in [0, 0.05) is 53.3 Å². The SMILES string of the molecule is C.CC1CCC(C)C1.CC1CCC1.CCC.CCC(C)C.CCCN(C)C.CCCOC.Cc1ccccc1.Cc1ncno1.FC(F)F.[CH2-]CC([CH2-])C.[Y]. The number of rotatable bonds is 6. The Labute approximate surface area is 368 Å². The molecule has 2 aromatic rings. The summed E-state index contributed by atoms with van der Waals surface area (Å²) in [6.07, 6.45) is 16.1. The maximum absolute atomic E-state index is 9.67. The monoisotopic (exact) mass is 867 g/mol. The summed E-state index contributed by atoms with van der Waals surface area (Å²) < 4.78 is 38.2. The second-order valence-electron chi connectivity index (χ2n) is 14.6. The number of hydrogen-bond donors (Lipinski definition) is 0. The first-order valence-corrected chi connectivity index (χ1v) is 20.3. The van der Waals surface area contributed by atoms with Crippen LogP contribution in [0.3, 0.4) is 0 Å². The summed E-state index contributed by atoms with van der Waals surface area (Å²) in [5, 5.41) is 3.34. The zero-order valence-electron chi connectivity index (χ0n) is 38.4. The molecule has 1 heterocycles. The molecule has 2 aliphatic carbocycles. The Bertz CT molecular complexity index is 816. The van der Waals surface area contributed by atoms with Crippen molar-refractivity contribution < 1.29 is 55.1 Å². The van der Waals surface area contributed by atoms with Crippen molar-refractivity contribution in [1.29, 1.82) is 0 Å². The third kappa shape index (κ3) is 95.6. The number of aryl methyl sites for hydroxylation is 2. The van der Waals surface area contributed by atoms with Gasteiger partial charge in [-0.1, -0.05) is 170 Å². The third-order valence-corrected chi connectivity index (χ3v) is 7.15. The molecule has 4 rings (SSSR count). The number of benzene rings is 1. The van der Waals surface area contributed by atoms with Crippen LogP contribution in [0.2, 0.25) is 0 Å². The zero-order chi connectivity index (χ0) is 42.5. The Morgan fingerprint density at radius 2 is 1.25 bits per heavy atom. The summed E-state index contributed by atoms with van der Waals surface area (Å²) in [6, 6.07) is 10.3. The predicted molar refractivity (Wildman–Crippen MR) is 236 cm³/mol. The van der Waals surface area contributed by atoms with Gasteiger partial charge in [0.15, 0.2) is 6.33 Å². The van der Waals surface area contributed by atoms with E-state index in [4.69, 9.17) is 4.74 Å². The van der Waals surface area contributed by atoms with Crippen LogP contribution in [-0.2, 0) is 37.4 Å². The average molecular weight is 867 g/mol. The van der Waals surface area contributed by atoms with E-state index in [9.17, 15) is 13.2 Å². The fourth-order valence-electron chi connectivity index (χ4n) is 3.52. The number of ether oxygens (including phenoxy) is 1. The van der Waals surface area contributed by atoms with Crippen molar-refractivity contribution in [2.45, 2.75) is 175 Å². The van der Waals surface area contributed by atoms with E-state index in [1.807, 2.05) is 25.1 Å². The smallest absolute Gasteiger partial charge is 0.379 e. The maximum Gasteiger partial charge on any atom is 0.379 e. The summed E-state index contributed by atoms with van der Waals surface area (Å²) in [4.78, 5) is 5.82. The zero-order valence-corrected chi connectivity index (χ0v) is 41.2. The Hall–Kier alpha value is -0.826. The van der Waals surface area contributed by atoms with E-state index in [-0.39, 0.29) is 40.1 Å². The molecule has 1 aromatic heterocycles. The van der Waals surface area contributed by atoms with Crippen LogP contribution in [0.15, 0.2) is 41.2 Å². The van der Waals surface area contributed by atoms with Gasteiger partial charge >= 0.3 is 6.68 Å². The molecule has 5 nitrogen and oxygen atoms in total. The first-order valence-electron chi connectivity index (χ1n) is 20.3. The maximum atomic E-state index is 9.67. The van der Waals surface area contributed by atoms with Gasteiger partial charge < -0.3 is 28.0 Å². The first kappa shape index (κ1) is 71.8. The molecule has 0 bridgehead atoms. The number of alkyl halides is 3. The molecule has 1 radical (unpaired) electrons. The molecule has 0 amide bonds. The second-order valence-corrected chi connectivity index (χ2v) is 14.6. The Kier molecular flexibility index (Phi) is 78.2. The fourth-order valence-corrected chi connectivity index (χ4v) is 3.52. The van der Waals surface area contributed by atoms with Crippen LogP contribution in [0.25, 0.3) is 0 Å². The van der Waals surface area contributed by atoms with Crippen molar-refractivity contribution in [3.63, 3.8) is 0 Å². The minimum Gasteiger partial charge on any atom is -0.385 e. The first-order chi connectivity index (χ1) is 24.8. The molecule has 1 aromatic carbocycles. The molecule has 3 atom stereocenters. The van der Waals surface area contributed by atoms with Crippen molar-refractivity contribution >= 4 is 0 Å². The topological polar surface area (TPSA) is 51.4 Å².